The number of hydrogen-bond acceptors (Lipinski definition) is 4. The maximum Gasteiger partial charge on any atom is 0.150 e. The first-order valence-corrected chi connectivity index (χ1v) is 3.57. The molecule has 0 heterocycles. The Morgan fingerprint density at radius 3 is 2.00 bits per heavy atom. The molecule has 0 aromatic rings. The van der Waals surface area contributed by atoms with Gasteiger partial charge in [-0.2, -0.15) is 15.8 Å². The summed E-state index contributed by atoms with van der Waals surface area (Å²) in [6, 6.07) is 4.65. The summed E-state index contributed by atoms with van der Waals surface area (Å²) in [5.41, 5.74) is -0.627. The van der Waals surface area contributed by atoms with E-state index in [2.05, 4.69) is 0 Å². The van der Waals surface area contributed by atoms with E-state index in [1.807, 2.05) is 0 Å². The van der Waals surface area contributed by atoms with Crippen LogP contribution in [0.5, 0.6) is 0 Å². The molecule has 0 aliphatic carbocycles. The molecular formula is C10H3N4O-. The fourth-order valence-corrected chi connectivity index (χ4v) is 0.622. The molecule has 0 bridgehead atoms. The number of carbonyl (C=O) groups is 1. The van der Waals surface area contributed by atoms with Gasteiger partial charge in [-0.1, -0.05) is 0 Å². The molecule has 0 N–H and O–H groups in total. The highest BCUT2D eigenvalue weighted by molar-refractivity contribution is 5.82. The van der Waals surface area contributed by atoms with E-state index in [9.17, 15) is 4.79 Å². The number of carbonyl (C=O) groups excluding carboxylic acids is 1. The summed E-state index contributed by atoms with van der Waals surface area (Å²) >= 11 is 0. The molecular weight excluding hydrogens is 192 g/mol. The van der Waals surface area contributed by atoms with Crippen LogP contribution in [0.15, 0.2) is 28.9 Å². The molecule has 0 atom stereocenters. The largest absolute Gasteiger partial charge is 0.762 e. The predicted octanol–water partition coefficient (Wildman–Crippen LogP) is 0.774. The Balaban J connectivity index is 5.34. The van der Waals surface area contributed by atoms with E-state index in [0.29, 0.717) is 6.29 Å². The highest BCUT2D eigenvalue weighted by Gasteiger charge is 1.97. The van der Waals surface area contributed by atoms with Crippen molar-refractivity contribution >= 4 is 12.2 Å². The lowest BCUT2D eigenvalue weighted by atomic mass is 10.1. The lowest BCUT2D eigenvalue weighted by Crippen LogP contribution is -1.84. The number of hydrogen-bond donors (Lipinski definition) is 0. The van der Waals surface area contributed by atoms with Gasteiger partial charge >= 0.3 is 0 Å². The lowest BCUT2D eigenvalue weighted by Gasteiger charge is -1.89. The maximum atomic E-state index is 10.5. The molecule has 0 amide bonds. The van der Waals surface area contributed by atoms with E-state index in [0.717, 1.165) is 12.2 Å². The Morgan fingerprint density at radius 2 is 1.67 bits per heavy atom. The van der Waals surface area contributed by atoms with Gasteiger partial charge in [-0.15, -0.1) is 0 Å². The number of allylic oxidation sites excluding steroid dienone is 5. The van der Waals surface area contributed by atoms with Gasteiger partial charge in [0.15, 0.2) is 0 Å². The Kier molecular flexibility index (Phi) is 5.29. The van der Waals surface area contributed by atoms with Crippen LogP contribution in [0.4, 0.5) is 0 Å². The molecule has 5 nitrogen and oxygen atoms in total. The molecule has 0 aliphatic rings. The van der Waals surface area contributed by atoms with E-state index >= 15 is 0 Å². The Labute approximate surface area is 86.0 Å². The molecule has 0 aromatic carbocycles. The van der Waals surface area contributed by atoms with E-state index in [-0.39, 0.29) is 16.7 Å². The van der Waals surface area contributed by atoms with Gasteiger partial charge in [0.05, 0.1) is 5.57 Å². The zero-order valence-corrected chi connectivity index (χ0v) is 7.43. The molecule has 0 radical (unpaired) electrons. The van der Waals surface area contributed by atoms with E-state index in [1.54, 1.807) is 24.1 Å². The van der Waals surface area contributed by atoms with Crippen molar-refractivity contribution in [2.75, 3.05) is 0 Å². The first-order valence-electron chi connectivity index (χ1n) is 3.57. The van der Waals surface area contributed by atoms with Crippen LogP contribution in [0, 0.1) is 34.0 Å². The maximum absolute atomic E-state index is 10.5. The zero-order chi connectivity index (χ0) is 11.7. The molecule has 0 fully saturated rings. The summed E-state index contributed by atoms with van der Waals surface area (Å²) in [5, 5.41) is 33.6. The molecule has 0 unspecified atom stereocenters. The first-order chi connectivity index (χ1) is 7.21. The Bertz CT molecular complexity index is 483. The summed E-state index contributed by atoms with van der Waals surface area (Å²) in [7, 11) is 0. The summed E-state index contributed by atoms with van der Waals surface area (Å²) in [6.07, 6.45) is 2.35. The summed E-state index contributed by atoms with van der Waals surface area (Å²) < 4.78 is 0. The van der Waals surface area contributed by atoms with Gasteiger partial charge in [0.1, 0.15) is 30.1 Å². The van der Waals surface area contributed by atoms with Crippen LogP contribution in [-0.2, 0) is 4.79 Å². The van der Waals surface area contributed by atoms with Crippen LogP contribution in [0.3, 0.4) is 0 Å². The van der Waals surface area contributed by atoms with E-state index in [4.69, 9.17) is 21.2 Å². The number of aldehydes is 1. The molecule has 5 heteroatoms. The van der Waals surface area contributed by atoms with E-state index < -0.39 is 0 Å². The highest BCUT2D eigenvalue weighted by atomic mass is 16.1. The van der Waals surface area contributed by atoms with Gasteiger partial charge in [0.25, 0.3) is 0 Å². The van der Waals surface area contributed by atoms with E-state index in [1.165, 1.54) is 0 Å². The van der Waals surface area contributed by atoms with Crippen molar-refractivity contribution in [3.63, 3.8) is 0 Å². The number of nitriles is 3. The Hall–Kier alpha value is -2.93. The minimum absolute atomic E-state index is 0.0776. The van der Waals surface area contributed by atoms with Crippen LogP contribution < -0.4 is 0 Å². The molecule has 0 saturated heterocycles. The standard InChI is InChI=1S/C10H3N4O/c11-3-9(4-12)1-8(7-15)2-10(5-13)6-14/h1-2,7H/q-1. The van der Waals surface area contributed by atoms with Crippen LogP contribution in [-0.4, -0.2) is 12.2 Å². The smallest absolute Gasteiger partial charge is 0.150 e. The van der Waals surface area contributed by atoms with Crippen molar-refractivity contribution in [1.29, 1.82) is 15.8 Å². The predicted molar refractivity (Wildman–Crippen MR) is 50.9 cm³/mol. The zero-order valence-electron chi connectivity index (χ0n) is 7.43. The van der Waals surface area contributed by atoms with Crippen LogP contribution in [0.25, 0.3) is 5.41 Å². The topological polar surface area (TPSA) is 111 Å². The quantitative estimate of drug-likeness (QED) is 0.217. The third-order valence-corrected chi connectivity index (χ3v) is 1.24. The summed E-state index contributed by atoms with van der Waals surface area (Å²) in [5.74, 6) is 1.55. The minimum atomic E-state index is -0.274. The summed E-state index contributed by atoms with van der Waals surface area (Å²) in [6.45, 7) is 0. The van der Waals surface area contributed by atoms with Crippen molar-refractivity contribution in [3.05, 3.63) is 34.3 Å². The van der Waals surface area contributed by atoms with Crippen molar-refractivity contribution in [2.24, 2.45) is 0 Å². The second-order valence-electron chi connectivity index (χ2n) is 2.18. The van der Waals surface area contributed by atoms with Gasteiger partial charge in [-0.05, 0) is 12.2 Å². The fraction of sp³-hybridized carbons (Fsp3) is 0. The second-order valence-corrected chi connectivity index (χ2v) is 2.18. The molecule has 0 aliphatic heterocycles. The van der Waals surface area contributed by atoms with Gasteiger partial charge in [-0.3, -0.25) is 10.7 Å². The molecule has 0 rings (SSSR count). The third-order valence-electron chi connectivity index (χ3n) is 1.24. The van der Waals surface area contributed by atoms with Gasteiger partial charge in [0, 0.05) is 5.57 Å². The average Bonchev–Trinajstić information content (AvgIpc) is 2.30. The van der Waals surface area contributed by atoms with Crippen molar-refractivity contribution < 1.29 is 4.79 Å². The highest BCUT2D eigenvalue weighted by Crippen LogP contribution is 2.02. The minimum Gasteiger partial charge on any atom is -0.762 e. The monoisotopic (exact) mass is 195 g/mol. The van der Waals surface area contributed by atoms with Crippen LogP contribution in [0.1, 0.15) is 0 Å². The second kappa shape index (κ2) is 6.57. The number of rotatable bonds is 3. The lowest BCUT2D eigenvalue weighted by molar-refractivity contribution is -0.104. The van der Waals surface area contributed by atoms with Crippen LogP contribution >= 0.6 is 0 Å². The third kappa shape index (κ3) is 4.01. The van der Waals surface area contributed by atoms with Gasteiger partial charge in [0.2, 0.25) is 0 Å². The molecule has 70 valence electrons. The van der Waals surface area contributed by atoms with Crippen molar-refractivity contribution in [3.8, 4) is 18.2 Å². The normalized spacial score (nSPS) is 8.47. The SMILES string of the molecule is N#CC(=C=[N-])C=C(C=O)C=C(C#N)C#N. The van der Waals surface area contributed by atoms with Crippen molar-refractivity contribution in [2.45, 2.75) is 0 Å². The average molecular weight is 195 g/mol. The van der Waals surface area contributed by atoms with Gasteiger partial charge in [-0.25, -0.2) is 0 Å². The first kappa shape index (κ1) is 12.1. The summed E-state index contributed by atoms with van der Waals surface area (Å²) in [4.78, 5) is 10.5. The molecule has 15 heavy (non-hydrogen) atoms. The number of nitrogens with zero attached hydrogens (tertiary/aromatic N) is 4. The fourth-order valence-electron chi connectivity index (χ4n) is 0.622. The molecule has 0 saturated carbocycles. The molecule has 0 spiro atoms. The Morgan fingerprint density at radius 1 is 1.07 bits per heavy atom. The molecule has 0 aromatic heterocycles. The van der Waals surface area contributed by atoms with Crippen LogP contribution in [0.2, 0.25) is 0 Å². The van der Waals surface area contributed by atoms with Gasteiger partial charge < -0.3 is 5.41 Å². The van der Waals surface area contributed by atoms with Crippen molar-refractivity contribution in [1.82, 2.24) is 0 Å².